The molecular formula is C30H34F3NO6S. The Labute approximate surface area is 241 Å². The Morgan fingerprint density at radius 1 is 1.15 bits per heavy atom. The normalized spacial score (nSPS) is 16.0. The molecule has 1 aromatic heterocycles. The van der Waals surface area contributed by atoms with Crippen LogP contribution >= 0.6 is 11.3 Å². The number of ether oxygens (including phenoxy) is 4. The number of carboxylic acid groups (broad SMARTS) is 1. The third-order valence-corrected chi connectivity index (χ3v) is 8.08. The zero-order valence-corrected chi connectivity index (χ0v) is 24.0. The Hall–Kier alpha value is -2.99. The maximum atomic E-state index is 13.0. The van der Waals surface area contributed by atoms with Gasteiger partial charge in [0.25, 0.3) is 0 Å². The first kappa shape index (κ1) is 31.0. The monoisotopic (exact) mass is 593 g/mol. The zero-order valence-electron chi connectivity index (χ0n) is 23.2. The standard InChI is InChI=1S/C30H34F3NO6S/c1-4-37-25(29(35)36)17-21-8-11-23(16-18(21)2)40-24(12-13-26-38-14-5-15-39-26)27-19(3)34-28(41-27)20-6-9-22(10-7-20)30(31,32)33/h6-11,16,24-26H,4-5,12-15,17H2,1-3H3,(H,35,36). The van der Waals surface area contributed by atoms with Crippen LogP contribution in [0.3, 0.4) is 0 Å². The lowest BCUT2D eigenvalue weighted by Crippen LogP contribution is -2.26. The number of benzene rings is 2. The number of hydrogen-bond donors (Lipinski definition) is 1. The van der Waals surface area contributed by atoms with Gasteiger partial charge >= 0.3 is 12.1 Å². The fraction of sp³-hybridized carbons (Fsp3) is 0.467. The molecule has 0 radical (unpaired) electrons. The molecule has 2 atom stereocenters. The summed E-state index contributed by atoms with van der Waals surface area (Å²) < 4.78 is 62.4. The van der Waals surface area contributed by atoms with Crippen LogP contribution in [0.15, 0.2) is 42.5 Å². The molecule has 4 rings (SSSR count). The molecule has 1 fully saturated rings. The molecule has 222 valence electrons. The minimum atomic E-state index is -4.41. The first-order chi connectivity index (χ1) is 19.5. The van der Waals surface area contributed by atoms with E-state index < -0.39 is 29.9 Å². The van der Waals surface area contributed by atoms with E-state index in [-0.39, 0.29) is 12.7 Å². The van der Waals surface area contributed by atoms with Gasteiger partial charge in [0.15, 0.2) is 12.4 Å². The molecule has 1 aliphatic rings. The number of carbonyl (C=O) groups is 1. The Morgan fingerprint density at radius 3 is 2.46 bits per heavy atom. The van der Waals surface area contributed by atoms with Gasteiger partial charge in [-0.25, -0.2) is 9.78 Å². The van der Waals surface area contributed by atoms with E-state index in [2.05, 4.69) is 4.98 Å². The van der Waals surface area contributed by atoms with E-state index in [9.17, 15) is 23.1 Å². The number of aryl methyl sites for hydroxylation is 2. The Bertz CT molecular complexity index is 1300. The number of aliphatic carboxylic acids is 1. The van der Waals surface area contributed by atoms with E-state index in [1.165, 1.54) is 23.5 Å². The minimum Gasteiger partial charge on any atom is -0.485 e. The third-order valence-electron chi connectivity index (χ3n) is 6.79. The van der Waals surface area contributed by atoms with Gasteiger partial charge in [-0.15, -0.1) is 11.3 Å². The predicted octanol–water partition coefficient (Wildman–Crippen LogP) is 7.14. The van der Waals surface area contributed by atoms with E-state index in [4.69, 9.17) is 18.9 Å². The number of carboxylic acids is 1. The number of nitrogens with zero attached hydrogens (tertiary/aromatic N) is 1. The zero-order chi connectivity index (χ0) is 29.6. The highest BCUT2D eigenvalue weighted by Gasteiger charge is 2.30. The maximum absolute atomic E-state index is 13.0. The molecule has 7 nitrogen and oxygen atoms in total. The number of aromatic nitrogens is 1. The van der Waals surface area contributed by atoms with Gasteiger partial charge < -0.3 is 24.1 Å². The summed E-state index contributed by atoms with van der Waals surface area (Å²) in [5.74, 6) is -0.405. The average Bonchev–Trinajstić information content (AvgIpc) is 3.33. The summed E-state index contributed by atoms with van der Waals surface area (Å²) in [6.07, 6.45) is -3.86. The topological polar surface area (TPSA) is 87.1 Å². The first-order valence-corrected chi connectivity index (χ1v) is 14.4. The molecular weight excluding hydrogens is 559 g/mol. The van der Waals surface area contributed by atoms with Crippen LogP contribution in [-0.4, -0.2) is 48.3 Å². The van der Waals surface area contributed by atoms with Crippen LogP contribution in [-0.2, 0) is 31.6 Å². The Kier molecular flexibility index (Phi) is 10.4. The summed E-state index contributed by atoms with van der Waals surface area (Å²) in [5.41, 5.74) is 2.33. The molecule has 41 heavy (non-hydrogen) atoms. The molecule has 11 heteroatoms. The van der Waals surface area contributed by atoms with Crippen LogP contribution in [0, 0.1) is 13.8 Å². The quantitative estimate of drug-likeness (QED) is 0.239. The van der Waals surface area contributed by atoms with Gasteiger partial charge in [-0.3, -0.25) is 0 Å². The molecule has 0 spiro atoms. The molecule has 0 amide bonds. The summed E-state index contributed by atoms with van der Waals surface area (Å²) in [5, 5.41) is 10.1. The van der Waals surface area contributed by atoms with Crippen molar-refractivity contribution in [3.63, 3.8) is 0 Å². The van der Waals surface area contributed by atoms with Gasteiger partial charge in [0.2, 0.25) is 0 Å². The number of hydrogen-bond acceptors (Lipinski definition) is 7. The van der Waals surface area contributed by atoms with Crippen molar-refractivity contribution in [2.75, 3.05) is 19.8 Å². The molecule has 2 aromatic carbocycles. The predicted molar refractivity (Wildman–Crippen MR) is 148 cm³/mol. The smallest absolute Gasteiger partial charge is 0.416 e. The van der Waals surface area contributed by atoms with Gasteiger partial charge in [-0.1, -0.05) is 18.2 Å². The highest BCUT2D eigenvalue weighted by molar-refractivity contribution is 7.15. The Balaban J connectivity index is 1.57. The van der Waals surface area contributed by atoms with Crippen molar-refractivity contribution in [2.45, 2.75) is 71.1 Å². The van der Waals surface area contributed by atoms with Gasteiger partial charge in [-0.05, 0) is 69.0 Å². The molecule has 0 bridgehead atoms. The summed E-state index contributed by atoms with van der Waals surface area (Å²) in [7, 11) is 0. The molecule has 3 aromatic rings. The molecule has 1 aliphatic heterocycles. The van der Waals surface area contributed by atoms with Crippen molar-refractivity contribution in [3.05, 3.63) is 69.7 Å². The Morgan fingerprint density at radius 2 is 1.85 bits per heavy atom. The second-order valence-corrected chi connectivity index (χ2v) is 10.9. The maximum Gasteiger partial charge on any atom is 0.416 e. The van der Waals surface area contributed by atoms with Crippen molar-refractivity contribution in [1.29, 1.82) is 0 Å². The van der Waals surface area contributed by atoms with Crippen LogP contribution in [0.5, 0.6) is 5.75 Å². The summed E-state index contributed by atoms with van der Waals surface area (Å²) in [6, 6.07) is 10.5. The molecule has 1 N–H and O–H groups in total. The van der Waals surface area contributed by atoms with E-state index >= 15 is 0 Å². The van der Waals surface area contributed by atoms with E-state index in [1.54, 1.807) is 13.0 Å². The van der Waals surface area contributed by atoms with Crippen LogP contribution in [0.4, 0.5) is 13.2 Å². The fourth-order valence-corrected chi connectivity index (χ4v) is 5.76. The summed E-state index contributed by atoms with van der Waals surface area (Å²) in [6.45, 7) is 7.08. The van der Waals surface area contributed by atoms with Crippen LogP contribution in [0.2, 0.25) is 0 Å². The fourth-order valence-electron chi connectivity index (χ4n) is 4.62. The van der Waals surface area contributed by atoms with Crippen molar-refractivity contribution >= 4 is 17.3 Å². The third kappa shape index (κ3) is 8.28. The lowest BCUT2D eigenvalue weighted by Gasteiger charge is -2.26. The lowest BCUT2D eigenvalue weighted by molar-refractivity contribution is -0.183. The van der Waals surface area contributed by atoms with Crippen molar-refractivity contribution in [1.82, 2.24) is 4.98 Å². The molecule has 1 saturated heterocycles. The van der Waals surface area contributed by atoms with Gasteiger partial charge in [0, 0.05) is 25.0 Å². The van der Waals surface area contributed by atoms with E-state index in [1.807, 2.05) is 26.0 Å². The van der Waals surface area contributed by atoms with E-state index in [0.717, 1.165) is 40.3 Å². The SMILES string of the molecule is CCOC(Cc1ccc(OC(CCC2OCCCO2)c2sc(-c3ccc(C(F)(F)F)cc3)nc2C)cc1C)C(=O)O. The minimum absolute atomic E-state index is 0.236. The second kappa shape index (κ2) is 13.8. The second-order valence-electron chi connectivity index (χ2n) is 9.83. The van der Waals surface area contributed by atoms with Crippen LogP contribution < -0.4 is 4.74 Å². The van der Waals surface area contributed by atoms with Crippen LogP contribution in [0.25, 0.3) is 10.6 Å². The number of rotatable bonds is 12. The van der Waals surface area contributed by atoms with Crippen LogP contribution in [0.1, 0.15) is 59.6 Å². The largest absolute Gasteiger partial charge is 0.485 e. The highest BCUT2D eigenvalue weighted by Crippen LogP contribution is 2.38. The van der Waals surface area contributed by atoms with Crippen molar-refractivity contribution in [2.24, 2.45) is 0 Å². The molecule has 0 aliphatic carbocycles. The summed E-state index contributed by atoms with van der Waals surface area (Å²) >= 11 is 1.38. The molecule has 2 heterocycles. The number of thiazole rings is 1. The highest BCUT2D eigenvalue weighted by atomic mass is 32.1. The van der Waals surface area contributed by atoms with E-state index in [0.29, 0.717) is 49.0 Å². The van der Waals surface area contributed by atoms with Crippen molar-refractivity contribution in [3.8, 4) is 16.3 Å². The average molecular weight is 594 g/mol. The number of alkyl halides is 3. The lowest BCUT2D eigenvalue weighted by atomic mass is 10.0. The summed E-state index contributed by atoms with van der Waals surface area (Å²) in [4.78, 5) is 17.1. The van der Waals surface area contributed by atoms with Crippen molar-refractivity contribution < 1.29 is 42.0 Å². The van der Waals surface area contributed by atoms with Gasteiger partial charge in [0.05, 0.1) is 29.3 Å². The number of halogens is 3. The first-order valence-electron chi connectivity index (χ1n) is 13.5. The molecule has 0 saturated carbocycles. The molecule has 2 unspecified atom stereocenters. The van der Waals surface area contributed by atoms with Gasteiger partial charge in [0.1, 0.15) is 16.9 Å². The van der Waals surface area contributed by atoms with Gasteiger partial charge in [-0.2, -0.15) is 13.2 Å².